The van der Waals surface area contributed by atoms with Crippen molar-refractivity contribution in [2.75, 3.05) is 7.11 Å². The van der Waals surface area contributed by atoms with Crippen LogP contribution in [-0.4, -0.2) is 26.9 Å². The van der Waals surface area contributed by atoms with Crippen molar-refractivity contribution in [3.63, 3.8) is 0 Å². The van der Waals surface area contributed by atoms with Gasteiger partial charge < -0.3 is 4.74 Å². The van der Waals surface area contributed by atoms with Crippen LogP contribution in [0.1, 0.15) is 16.8 Å². The fourth-order valence-corrected chi connectivity index (χ4v) is 4.52. The topological polar surface area (TPSA) is 69.9 Å². The molecule has 5 rings (SSSR count). The van der Waals surface area contributed by atoms with E-state index in [1.807, 2.05) is 73.7 Å². The lowest BCUT2D eigenvalue weighted by atomic mass is 10.1. The van der Waals surface area contributed by atoms with Crippen LogP contribution >= 0.6 is 11.3 Å². The van der Waals surface area contributed by atoms with Crippen molar-refractivity contribution in [2.24, 2.45) is 0 Å². The average molecular weight is 427 g/mol. The smallest absolute Gasteiger partial charge is 0.275 e. The Morgan fingerprint density at radius 2 is 1.77 bits per heavy atom. The van der Waals surface area contributed by atoms with E-state index in [9.17, 15) is 4.79 Å². The predicted molar refractivity (Wildman–Crippen MR) is 125 cm³/mol. The number of hydrogen-bond donors (Lipinski definition) is 0. The van der Waals surface area contributed by atoms with Gasteiger partial charge in [0.15, 0.2) is 0 Å². The molecule has 0 N–H and O–H groups in total. The summed E-state index contributed by atoms with van der Waals surface area (Å²) in [5.74, 6) is 0.730. The normalized spacial score (nSPS) is 11.5. The summed E-state index contributed by atoms with van der Waals surface area (Å²) in [7, 11) is 1.61. The van der Waals surface area contributed by atoms with E-state index in [4.69, 9.17) is 4.74 Å². The van der Waals surface area contributed by atoms with Gasteiger partial charge in [0.1, 0.15) is 21.6 Å². The number of rotatable bonds is 4. The van der Waals surface area contributed by atoms with E-state index < -0.39 is 0 Å². The molecule has 0 aliphatic rings. The third-order valence-electron chi connectivity index (χ3n) is 5.12. The largest absolute Gasteiger partial charge is 0.497 e. The summed E-state index contributed by atoms with van der Waals surface area (Å²) in [6.45, 7) is 1.92. The van der Waals surface area contributed by atoms with Crippen LogP contribution in [-0.2, 0) is 0 Å². The molecule has 5 aromatic rings. The molecule has 0 radical (unpaired) electrons. The third-order valence-corrected chi connectivity index (χ3v) is 6.17. The van der Waals surface area contributed by atoms with Gasteiger partial charge in [-0.2, -0.15) is 5.10 Å². The summed E-state index contributed by atoms with van der Waals surface area (Å²) in [4.78, 5) is 18.6. The van der Waals surface area contributed by atoms with Crippen LogP contribution in [0.5, 0.6) is 5.75 Å². The molecule has 0 saturated carbocycles. The molecule has 6 nitrogen and oxygen atoms in total. The highest BCUT2D eigenvalue weighted by molar-refractivity contribution is 7.25. The van der Waals surface area contributed by atoms with Crippen molar-refractivity contribution >= 4 is 43.9 Å². The molecular weight excluding hydrogens is 408 g/mol. The molecular formula is C24H18N4O2S. The molecule has 0 fully saturated rings. The summed E-state index contributed by atoms with van der Waals surface area (Å²) in [5, 5.41) is 9.49. The highest BCUT2D eigenvalue weighted by Gasteiger charge is 2.17. The monoisotopic (exact) mass is 426 g/mol. The molecule has 3 heterocycles. The zero-order chi connectivity index (χ0) is 21.4. The van der Waals surface area contributed by atoms with Gasteiger partial charge in [0.05, 0.1) is 24.0 Å². The Morgan fingerprint density at radius 3 is 2.52 bits per heavy atom. The lowest BCUT2D eigenvalue weighted by molar-refractivity contribution is 0.414. The molecule has 0 spiro atoms. The lowest BCUT2D eigenvalue weighted by Crippen LogP contribution is -2.17. The molecule has 7 heteroatoms. The number of hydrogen-bond acceptors (Lipinski definition) is 6. The van der Waals surface area contributed by atoms with Crippen LogP contribution in [0.2, 0.25) is 0 Å². The maximum absolute atomic E-state index is 13.3. The number of benzene rings is 2. The average Bonchev–Trinajstić information content (AvgIpc) is 3.19. The molecule has 0 aliphatic carbocycles. The zero-order valence-corrected chi connectivity index (χ0v) is 17.8. The first-order valence-corrected chi connectivity index (χ1v) is 10.5. The van der Waals surface area contributed by atoms with Crippen LogP contribution < -0.4 is 10.3 Å². The number of thiophene rings is 1. The van der Waals surface area contributed by atoms with E-state index in [0.29, 0.717) is 15.0 Å². The molecule has 3 aromatic heterocycles. The number of aromatic nitrogens is 4. The molecule has 0 bridgehead atoms. The predicted octanol–water partition coefficient (Wildman–Crippen LogP) is 4.88. The fourth-order valence-electron chi connectivity index (χ4n) is 3.50. The van der Waals surface area contributed by atoms with Crippen LogP contribution in [0.4, 0.5) is 0 Å². The fraction of sp³-hybridized carbons (Fsp3) is 0.0833. The number of methoxy groups -OCH3 is 1. The van der Waals surface area contributed by atoms with Crippen LogP contribution in [0.3, 0.4) is 0 Å². The Labute approximate surface area is 182 Å². The Balaban J connectivity index is 1.69. The third kappa shape index (κ3) is 3.39. The van der Waals surface area contributed by atoms with Crippen molar-refractivity contribution in [1.29, 1.82) is 0 Å². The Bertz CT molecular complexity index is 1490. The first-order chi connectivity index (χ1) is 15.2. The van der Waals surface area contributed by atoms with Gasteiger partial charge in [0.2, 0.25) is 0 Å². The van der Waals surface area contributed by atoms with Gasteiger partial charge in [-0.05, 0) is 36.8 Å². The maximum Gasteiger partial charge on any atom is 0.275 e. The zero-order valence-electron chi connectivity index (χ0n) is 16.9. The van der Waals surface area contributed by atoms with Crippen molar-refractivity contribution in [3.05, 3.63) is 88.1 Å². The Morgan fingerprint density at radius 1 is 1.00 bits per heavy atom. The van der Waals surface area contributed by atoms with Gasteiger partial charge >= 0.3 is 0 Å². The summed E-state index contributed by atoms with van der Waals surface area (Å²) in [5.41, 5.74) is 4.05. The van der Waals surface area contributed by atoms with E-state index in [2.05, 4.69) is 15.2 Å². The van der Waals surface area contributed by atoms with Crippen LogP contribution in [0.15, 0.2) is 65.7 Å². The first-order valence-electron chi connectivity index (χ1n) is 9.70. The van der Waals surface area contributed by atoms with E-state index in [1.165, 1.54) is 15.9 Å². The molecule has 0 atom stereocenters. The van der Waals surface area contributed by atoms with Gasteiger partial charge in [-0.25, -0.2) is 4.98 Å². The second-order valence-electron chi connectivity index (χ2n) is 7.02. The van der Waals surface area contributed by atoms with Crippen molar-refractivity contribution in [3.8, 4) is 11.4 Å². The highest BCUT2D eigenvalue weighted by Crippen LogP contribution is 2.33. The SMILES string of the molecule is COc1ccc(-n2cnc3c(sc4nnc(C)c(C=Cc5ccccc5)c43)c2=O)cc1. The highest BCUT2D eigenvalue weighted by atomic mass is 32.1. The quantitative estimate of drug-likeness (QED) is 0.410. The Kier molecular flexibility index (Phi) is 4.80. The van der Waals surface area contributed by atoms with E-state index in [1.54, 1.807) is 13.4 Å². The minimum atomic E-state index is -0.131. The van der Waals surface area contributed by atoms with E-state index in [-0.39, 0.29) is 5.56 Å². The number of nitrogens with zero attached hydrogens (tertiary/aromatic N) is 4. The van der Waals surface area contributed by atoms with Crippen molar-refractivity contribution < 1.29 is 4.74 Å². The molecule has 152 valence electrons. The molecule has 0 unspecified atom stereocenters. The summed E-state index contributed by atoms with van der Waals surface area (Å²) < 4.78 is 7.30. The molecule has 0 aliphatic heterocycles. The summed E-state index contributed by atoms with van der Waals surface area (Å²) in [6.07, 6.45) is 5.62. The maximum atomic E-state index is 13.3. The second kappa shape index (κ2) is 7.77. The second-order valence-corrected chi connectivity index (χ2v) is 8.02. The molecule has 0 saturated heterocycles. The molecule has 31 heavy (non-hydrogen) atoms. The van der Waals surface area contributed by atoms with Gasteiger partial charge in [-0.1, -0.05) is 42.5 Å². The Hall–Kier alpha value is -3.84. The minimum Gasteiger partial charge on any atom is -0.497 e. The van der Waals surface area contributed by atoms with Crippen molar-refractivity contribution in [1.82, 2.24) is 19.7 Å². The minimum absolute atomic E-state index is 0.131. The van der Waals surface area contributed by atoms with Gasteiger partial charge in [-0.15, -0.1) is 16.4 Å². The van der Waals surface area contributed by atoms with E-state index in [0.717, 1.165) is 33.6 Å². The number of aryl methyl sites for hydroxylation is 1. The lowest BCUT2D eigenvalue weighted by Gasteiger charge is -2.06. The number of ether oxygens (including phenoxy) is 1. The van der Waals surface area contributed by atoms with Crippen molar-refractivity contribution in [2.45, 2.75) is 6.92 Å². The standard InChI is InChI=1S/C24H18N4O2S/c1-15-19(13-8-16-6-4-3-5-7-16)20-21-22(31-23(20)27-26-15)24(29)28(14-25-21)17-9-11-18(30-2)12-10-17/h3-14H,1-2H3. The van der Waals surface area contributed by atoms with Crippen LogP contribution in [0, 0.1) is 6.92 Å². The van der Waals surface area contributed by atoms with Gasteiger partial charge in [0, 0.05) is 10.9 Å². The van der Waals surface area contributed by atoms with E-state index >= 15 is 0 Å². The van der Waals surface area contributed by atoms with Gasteiger partial charge in [-0.3, -0.25) is 9.36 Å². The summed E-state index contributed by atoms with van der Waals surface area (Å²) in [6, 6.07) is 17.4. The van der Waals surface area contributed by atoms with Crippen LogP contribution in [0.25, 0.3) is 38.3 Å². The first kappa shape index (κ1) is 19.1. The van der Waals surface area contributed by atoms with Gasteiger partial charge in [0.25, 0.3) is 5.56 Å². The number of fused-ring (bicyclic) bond motifs is 3. The molecule has 0 amide bonds. The summed E-state index contributed by atoms with van der Waals surface area (Å²) >= 11 is 1.32. The molecule has 2 aromatic carbocycles.